The summed E-state index contributed by atoms with van der Waals surface area (Å²) in [7, 11) is 0. The molecule has 0 atom stereocenters. The van der Waals surface area contributed by atoms with Gasteiger partial charge in [0.1, 0.15) is 5.82 Å². The van der Waals surface area contributed by atoms with Gasteiger partial charge in [0.15, 0.2) is 22.3 Å². The summed E-state index contributed by atoms with van der Waals surface area (Å²) in [5.41, 5.74) is 1.18. The number of hydrogen-bond donors (Lipinski definition) is 2. The fraction of sp³-hybridized carbons (Fsp3) is 0.538. The van der Waals surface area contributed by atoms with Gasteiger partial charge in [-0.1, -0.05) is 32.5 Å². The number of thioether (sulfide) groups is 1. The second-order valence-corrected chi connectivity index (χ2v) is 9.95. The third kappa shape index (κ3) is 7.41. The first-order valence-electron chi connectivity index (χ1n) is 12.9. The van der Waals surface area contributed by atoms with Crippen LogP contribution in [0.3, 0.4) is 0 Å². The summed E-state index contributed by atoms with van der Waals surface area (Å²) in [6, 6.07) is 3.37. The lowest BCUT2D eigenvalue weighted by molar-refractivity contribution is 0.0951. The van der Waals surface area contributed by atoms with Gasteiger partial charge in [0.2, 0.25) is 5.75 Å². The average Bonchev–Trinajstić information content (AvgIpc) is 3.27. The lowest BCUT2D eigenvalue weighted by Crippen LogP contribution is -2.27. The molecule has 3 rings (SSSR count). The molecule has 0 saturated heterocycles. The van der Waals surface area contributed by atoms with Gasteiger partial charge in [0.05, 0.1) is 37.9 Å². The van der Waals surface area contributed by atoms with Crippen molar-refractivity contribution in [1.82, 2.24) is 25.1 Å². The molecule has 2 heterocycles. The Labute approximate surface area is 222 Å². The van der Waals surface area contributed by atoms with Crippen molar-refractivity contribution >= 4 is 34.5 Å². The molecule has 0 radical (unpaired) electrons. The van der Waals surface area contributed by atoms with E-state index in [1.807, 2.05) is 20.8 Å². The predicted octanol–water partition coefficient (Wildman–Crippen LogP) is 4.77. The zero-order valence-electron chi connectivity index (χ0n) is 22.6. The molecule has 202 valence electrons. The summed E-state index contributed by atoms with van der Waals surface area (Å²) in [6.07, 6.45) is 2.76. The third-order valence-electron chi connectivity index (χ3n) is 5.14. The third-order valence-corrected chi connectivity index (χ3v) is 6.00. The highest BCUT2D eigenvalue weighted by molar-refractivity contribution is 7.99. The van der Waals surface area contributed by atoms with Crippen molar-refractivity contribution in [2.75, 3.05) is 38.2 Å². The molecule has 0 unspecified atom stereocenters. The molecular formula is C26H38N6O4S. The molecular weight excluding hydrogens is 492 g/mol. The number of aromatic nitrogens is 4. The standard InChI is InChI=1S/C26H38N6O4S/c1-7-11-27-23-19-16-29-32(24(19)31-26(30-23)37-17(5)6)13-12-28-25(33)18-14-20(34-8-2)22(36-10-4)21(15-18)35-9-3/h14-17H,7-13H2,1-6H3,(H,28,33)(H,27,30,31). The summed E-state index contributed by atoms with van der Waals surface area (Å²) >= 11 is 1.61. The van der Waals surface area contributed by atoms with Gasteiger partial charge in [-0.05, 0) is 39.3 Å². The van der Waals surface area contributed by atoms with Gasteiger partial charge in [0.25, 0.3) is 5.91 Å². The zero-order valence-corrected chi connectivity index (χ0v) is 23.4. The Bertz CT molecular complexity index is 1160. The van der Waals surface area contributed by atoms with Gasteiger partial charge in [-0.25, -0.2) is 14.6 Å². The first-order chi connectivity index (χ1) is 17.9. The summed E-state index contributed by atoms with van der Waals surface area (Å²) < 4.78 is 19.0. The molecule has 1 amide bonds. The van der Waals surface area contributed by atoms with Crippen LogP contribution in [0.4, 0.5) is 5.82 Å². The van der Waals surface area contributed by atoms with Crippen molar-refractivity contribution < 1.29 is 19.0 Å². The SMILES string of the molecule is CCCNc1nc(SC(C)C)nc2c1cnn2CCNC(=O)c1cc(OCC)c(OCC)c(OCC)c1. The van der Waals surface area contributed by atoms with Crippen molar-refractivity contribution in [2.45, 2.75) is 64.9 Å². The molecule has 0 saturated carbocycles. The number of nitrogens with zero attached hydrogens (tertiary/aromatic N) is 4. The monoisotopic (exact) mass is 530 g/mol. The van der Waals surface area contributed by atoms with Crippen molar-refractivity contribution in [1.29, 1.82) is 0 Å². The average molecular weight is 531 g/mol. The van der Waals surface area contributed by atoms with Crippen molar-refractivity contribution in [3.05, 3.63) is 23.9 Å². The molecule has 0 aliphatic carbocycles. The lowest BCUT2D eigenvalue weighted by Gasteiger charge is -2.17. The number of carbonyl (C=O) groups excluding carboxylic acids is 1. The Morgan fingerprint density at radius 2 is 1.68 bits per heavy atom. The lowest BCUT2D eigenvalue weighted by atomic mass is 10.1. The highest BCUT2D eigenvalue weighted by Gasteiger charge is 2.19. The molecule has 3 aromatic rings. The number of anilines is 1. The van der Waals surface area contributed by atoms with E-state index in [4.69, 9.17) is 24.2 Å². The number of carbonyl (C=O) groups is 1. The number of nitrogens with one attached hydrogen (secondary N) is 2. The van der Waals surface area contributed by atoms with Crippen molar-refractivity contribution in [3.8, 4) is 17.2 Å². The molecule has 2 aromatic heterocycles. The van der Waals surface area contributed by atoms with E-state index in [1.54, 1.807) is 34.8 Å². The number of fused-ring (bicyclic) bond motifs is 1. The van der Waals surface area contributed by atoms with Gasteiger partial charge in [0, 0.05) is 23.9 Å². The number of hydrogen-bond acceptors (Lipinski definition) is 9. The second-order valence-electron chi connectivity index (χ2n) is 8.41. The fourth-order valence-electron chi connectivity index (χ4n) is 3.64. The van der Waals surface area contributed by atoms with Crippen LogP contribution < -0.4 is 24.8 Å². The second kappa shape index (κ2) is 13.9. The van der Waals surface area contributed by atoms with Crippen LogP contribution in [-0.2, 0) is 6.54 Å². The smallest absolute Gasteiger partial charge is 0.251 e. The van der Waals surface area contributed by atoms with Crippen LogP contribution in [0.5, 0.6) is 17.2 Å². The minimum atomic E-state index is -0.239. The minimum absolute atomic E-state index is 0.239. The van der Waals surface area contributed by atoms with Crippen LogP contribution in [0, 0.1) is 0 Å². The van der Waals surface area contributed by atoms with E-state index >= 15 is 0 Å². The Hall–Kier alpha value is -3.21. The maximum atomic E-state index is 13.0. The number of ether oxygens (including phenoxy) is 3. The highest BCUT2D eigenvalue weighted by Crippen LogP contribution is 2.39. The van der Waals surface area contributed by atoms with Gasteiger partial charge in [-0.2, -0.15) is 5.10 Å². The van der Waals surface area contributed by atoms with Gasteiger partial charge < -0.3 is 24.8 Å². The van der Waals surface area contributed by atoms with Crippen molar-refractivity contribution in [2.24, 2.45) is 0 Å². The van der Waals surface area contributed by atoms with E-state index in [9.17, 15) is 4.79 Å². The maximum absolute atomic E-state index is 13.0. The quantitative estimate of drug-likeness (QED) is 0.212. The molecule has 11 heteroatoms. The molecule has 37 heavy (non-hydrogen) atoms. The van der Waals surface area contributed by atoms with Crippen LogP contribution in [-0.4, -0.2) is 63.8 Å². The zero-order chi connectivity index (χ0) is 26.8. The molecule has 2 N–H and O–H groups in total. The Balaban J connectivity index is 1.78. The molecule has 0 fully saturated rings. The molecule has 1 aromatic carbocycles. The van der Waals surface area contributed by atoms with E-state index in [0.717, 1.165) is 29.8 Å². The van der Waals surface area contributed by atoms with Gasteiger partial charge >= 0.3 is 0 Å². The Kier molecular flexibility index (Phi) is 10.7. The van der Waals surface area contributed by atoms with E-state index in [0.29, 0.717) is 66.1 Å². The van der Waals surface area contributed by atoms with E-state index in [-0.39, 0.29) is 5.91 Å². The van der Waals surface area contributed by atoms with Crippen LogP contribution in [0.1, 0.15) is 58.3 Å². The van der Waals surface area contributed by atoms with Crippen LogP contribution in [0.25, 0.3) is 11.0 Å². The first kappa shape index (κ1) is 28.4. The van der Waals surface area contributed by atoms with E-state index in [1.165, 1.54) is 0 Å². The van der Waals surface area contributed by atoms with E-state index in [2.05, 4.69) is 36.5 Å². The minimum Gasteiger partial charge on any atom is -0.490 e. The number of benzene rings is 1. The normalized spacial score (nSPS) is 11.1. The van der Waals surface area contributed by atoms with Crippen LogP contribution in [0.2, 0.25) is 0 Å². The van der Waals surface area contributed by atoms with Gasteiger partial charge in [-0.15, -0.1) is 0 Å². The number of amides is 1. The van der Waals surface area contributed by atoms with Crippen molar-refractivity contribution in [3.63, 3.8) is 0 Å². The summed E-state index contributed by atoms with van der Waals surface area (Å²) in [6.45, 7) is 15.0. The molecule has 0 aliphatic rings. The topological polar surface area (TPSA) is 112 Å². The largest absolute Gasteiger partial charge is 0.490 e. The summed E-state index contributed by atoms with van der Waals surface area (Å²) in [4.78, 5) is 22.5. The molecule has 0 aliphatic heterocycles. The van der Waals surface area contributed by atoms with Crippen LogP contribution in [0.15, 0.2) is 23.5 Å². The number of rotatable bonds is 15. The predicted molar refractivity (Wildman–Crippen MR) is 147 cm³/mol. The van der Waals surface area contributed by atoms with E-state index < -0.39 is 0 Å². The molecule has 0 spiro atoms. The van der Waals surface area contributed by atoms with Crippen LogP contribution >= 0.6 is 11.8 Å². The highest BCUT2D eigenvalue weighted by atomic mass is 32.2. The molecule has 10 nitrogen and oxygen atoms in total. The Morgan fingerprint density at radius 1 is 1.00 bits per heavy atom. The molecule has 0 bridgehead atoms. The summed E-state index contributed by atoms with van der Waals surface area (Å²) in [5, 5.41) is 12.8. The summed E-state index contributed by atoms with van der Waals surface area (Å²) in [5.74, 6) is 2.02. The Morgan fingerprint density at radius 3 is 2.27 bits per heavy atom. The maximum Gasteiger partial charge on any atom is 0.251 e. The first-order valence-corrected chi connectivity index (χ1v) is 13.8. The fourth-order valence-corrected chi connectivity index (χ4v) is 4.34. The van der Waals surface area contributed by atoms with Gasteiger partial charge in [-0.3, -0.25) is 4.79 Å².